The van der Waals surface area contributed by atoms with E-state index in [1.807, 2.05) is 0 Å². The van der Waals surface area contributed by atoms with Crippen LogP contribution in [0.5, 0.6) is 5.75 Å². The van der Waals surface area contributed by atoms with Gasteiger partial charge in [-0.05, 0) is 25.1 Å². The van der Waals surface area contributed by atoms with Gasteiger partial charge in [-0.15, -0.1) is 0 Å². The fraction of sp³-hybridized carbons (Fsp3) is 0.0588. The second-order valence-corrected chi connectivity index (χ2v) is 5.63. The minimum absolute atomic E-state index is 0.00431. The molecule has 0 bridgehead atoms. The molecule has 0 aliphatic carbocycles. The molecular weight excluding hydrogens is 372 g/mol. The van der Waals surface area contributed by atoms with Crippen molar-refractivity contribution in [2.45, 2.75) is 6.92 Å². The van der Waals surface area contributed by atoms with Crippen molar-refractivity contribution in [2.24, 2.45) is 5.10 Å². The molecule has 11 heteroatoms. The first-order chi connectivity index (χ1) is 13.3. The van der Waals surface area contributed by atoms with Crippen LogP contribution in [-0.2, 0) is 0 Å². The summed E-state index contributed by atoms with van der Waals surface area (Å²) in [6.07, 6.45) is 0. The predicted molar refractivity (Wildman–Crippen MR) is 99.7 cm³/mol. The summed E-state index contributed by atoms with van der Waals surface area (Å²) in [7, 11) is 0. The fourth-order valence-corrected chi connectivity index (χ4v) is 2.53. The number of hydrazone groups is 1. The van der Waals surface area contributed by atoms with Crippen molar-refractivity contribution < 1.29 is 19.4 Å². The number of nitrogens with one attached hydrogen (secondary N) is 1. The Bertz CT molecular complexity index is 1200. The molecular formula is C17H12N4O7. The van der Waals surface area contributed by atoms with E-state index < -0.39 is 26.8 Å². The minimum Gasteiger partial charge on any atom is -0.506 e. The highest BCUT2D eigenvalue weighted by molar-refractivity contribution is 6.04. The number of fused-ring (bicyclic) bond motifs is 1. The molecule has 3 rings (SSSR count). The van der Waals surface area contributed by atoms with Crippen LogP contribution in [0.25, 0.3) is 11.0 Å². The van der Waals surface area contributed by atoms with Gasteiger partial charge in [-0.1, -0.05) is 12.1 Å². The summed E-state index contributed by atoms with van der Waals surface area (Å²) in [5.74, 6) is -0.340. The van der Waals surface area contributed by atoms with Crippen LogP contribution in [0.3, 0.4) is 0 Å². The van der Waals surface area contributed by atoms with E-state index in [1.165, 1.54) is 13.0 Å². The Balaban J connectivity index is 2.02. The molecule has 1 aromatic heterocycles. The second kappa shape index (κ2) is 7.15. The van der Waals surface area contributed by atoms with Crippen molar-refractivity contribution in [3.8, 4) is 5.75 Å². The molecule has 0 radical (unpaired) electrons. The molecule has 2 aromatic carbocycles. The zero-order chi connectivity index (χ0) is 20.4. The monoisotopic (exact) mass is 384 g/mol. The largest absolute Gasteiger partial charge is 0.506 e. The summed E-state index contributed by atoms with van der Waals surface area (Å²) in [6.45, 7) is 1.39. The lowest BCUT2D eigenvalue weighted by Crippen LogP contribution is -2.14. The van der Waals surface area contributed by atoms with E-state index in [2.05, 4.69) is 10.5 Å². The molecule has 0 aliphatic rings. The topological polar surface area (TPSA) is 161 Å². The van der Waals surface area contributed by atoms with Crippen LogP contribution in [0, 0.1) is 20.2 Å². The molecule has 0 unspecified atom stereocenters. The van der Waals surface area contributed by atoms with Crippen LogP contribution in [0.15, 0.2) is 56.8 Å². The van der Waals surface area contributed by atoms with Crippen LogP contribution in [0.4, 0.5) is 17.1 Å². The third kappa shape index (κ3) is 3.35. The normalized spacial score (nSPS) is 11.4. The summed E-state index contributed by atoms with van der Waals surface area (Å²) < 4.78 is 5.14. The molecule has 0 fully saturated rings. The van der Waals surface area contributed by atoms with E-state index in [9.17, 15) is 30.1 Å². The van der Waals surface area contributed by atoms with Gasteiger partial charge >= 0.3 is 11.3 Å². The number of anilines is 1. The number of hydrogen-bond acceptors (Lipinski definition) is 9. The Hall–Kier alpha value is -4.28. The van der Waals surface area contributed by atoms with E-state index in [1.54, 1.807) is 18.2 Å². The molecule has 0 amide bonds. The number of rotatable bonds is 5. The first kappa shape index (κ1) is 18.5. The summed E-state index contributed by atoms with van der Waals surface area (Å²) in [4.78, 5) is 32.6. The fourth-order valence-electron chi connectivity index (χ4n) is 2.53. The number of benzene rings is 2. The first-order valence-electron chi connectivity index (χ1n) is 7.78. The van der Waals surface area contributed by atoms with Crippen molar-refractivity contribution in [2.75, 3.05) is 5.43 Å². The summed E-state index contributed by atoms with van der Waals surface area (Å²) in [5.41, 5.74) is 0.397. The van der Waals surface area contributed by atoms with Crippen LogP contribution >= 0.6 is 0 Å². The van der Waals surface area contributed by atoms with Crippen LogP contribution < -0.4 is 11.1 Å². The van der Waals surface area contributed by atoms with Gasteiger partial charge in [0.25, 0.3) is 5.69 Å². The molecule has 2 N–H and O–H groups in total. The average molecular weight is 384 g/mol. The standard InChI is InChI=1S/C17H12N4O7/c1-9(15-16(22)11-4-2-3-5-14(11)28-17(15)23)18-19-12-7-6-10(20(24)25)8-13(12)21(26)27/h2-8,19,22H,1H3/b18-9-. The summed E-state index contributed by atoms with van der Waals surface area (Å²) >= 11 is 0. The third-order valence-electron chi connectivity index (χ3n) is 3.88. The minimum atomic E-state index is -0.836. The van der Waals surface area contributed by atoms with Gasteiger partial charge in [0.1, 0.15) is 22.6 Å². The highest BCUT2D eigenvalue weighted by Crippen LogP contribution is 2.30. The molecule has 1 heterocycles. The highest BCUT2D eigenvalue weighted by atomic mass is 16.6. The molecule has 0 spiro atoms. The number of para-hydroxylation sites is 1. The number of non-ortho nitro benzene ring substituents is 1. The number of hydrogen-bond donors (Lipinski definition) is 2. The quantitative estimate of drug-likeness (QED) is 0.293. The molecule has 142 valence electrons. The van der Waals surface area contributed by atoms with Crippen molar-refractivity contribution in [1.29, 1.82) is 0 Å². The Morgan fingerprint density at radius 1 is 1.14 bits per heavy atom. The van der Waals surface area contributed by atoms with E-state index in [-0.39, 0.29) is 28.3 Å². The molecule has 28 heavy (non-hydrogen) atoms. The maximum absolute atomic E-state index is 12.2. The molecule has 0 saturated heterocycles. The van der Waals surface area contributed by atoms with E-state index in [0.717, 1.165) is 18.2 Å². The number of nitro benzene ring substituents is 2. The van der Waals surface area contributed by atoms with Gasteiger partial charge in [0, 0.05) is 6.07 Å². The van der Waals surface area contributed by atoms with Gasteiger partial charge in [0.05, 0.1) is 27.0 Å². The first-order valence-corrected chi connectivity index (χ1v) is 7.78. The van der Waals surface area contributed by atoms with Crippen LogP contribution in [-0.4, -0.2) is 20.7 Å². The van der Waals surface area contributed by atoms with Gasteiger partial charge in [-0.2, -0.15) is 5.10 Å². The van der Waals surface area contributed by atoms with Crippen LogP contribution in [0.1, 0.15) is 12.5 Å². The molecule has 0 saturated carbocycles. The van der Waals surface area contributed by atoms with E-state index in [4.69, 9.17) is 4.42 Å². The van der Waals surface area contributed by atoms with Crippen molar-refractivity contribution in [3.05, 3.63) is 78.7 Å². The van der Waals surface area contributed by atoms with E-state index in [0.29, 0.717) is 5.39 Å². The Labute approximate surface area is 155 Å². The maximum Gasteiger partial charge on any atom is 0.349 e. The van der Waals surface area contributed by atoms with E-state index >= 15 is 0 Å². The maximum atomic E-state index is 12.2. The lowest BCUT2D eigenvalue weighted by atomic mass is 10.1. The van der Waals surface area contributed by atoms with Crippen molar-refractivity contribution >= 4 is 33.7 Å². The summed E-state index contributed by atoms with van der Waals surface area (Å²) in [5, 5.41) is 36.5. The number of nitro groups is 2. The molecule has 3 aromatic rings. The Kier molecular flexibility index (Phi) is 4.73. The summed E-state index contributed by atoms with van der Waals surface area (Å²) in [6, 6.07) is 9.34. The highest BCUT2D eigenvalue weighted by Gasteiger charge is 2.20. The smallest absolute Gasteiger partial charge is 0.349 e. The average Bonchev–Trinajstić information content (AvgIpc) is 2.66. The lowest BCUT2D eigenvalue weighted by Gasteiger charge is -2.07. The zero-order valence-corrected chi connectivity index (χ0v) is 14.3. The van der Waals surface area contributed by atoms with Gasteiger partial charge in [0.15, 0.2) is 0 Å². The third-order valence-corrected chi connectivity index (χ3v) is 3.88. The van der Waals surface area contributed by atoms with Gasteiger partial charge in [-0.25, -0.2) is 4.79 Å². The van der Waals surface area contributed by atoms with Gasteiger partial charge < -0.3 is 9.52 Å². The number of nitrogens with zero attached hydrogens (tertiary/aromatic N) is 3. The number of aromatic hydroxyl groups is 1. The Morgan fingerprint density at radius 3 is 2.54 bits per heavy atom. The second-order valence-electron chi connectivity index (χ2n) is 5.63. The Morgan fingerprint density at radius 2 is 1.86 bits per heavy atom. The SMILES string of the molecule is C/C(=N/Nc1ccc([N+](=O)[O-])cc1[N+](=O)[O-])c1c(O)c2ccccc2oc1=O. The van der Waals surface area contributed by atoms with Gasteiger partial charge in [0.2, 0.25) is 0 Å². The van der Waals surface area contributed by atoms with Crippen LogP contribution in [0.2, 0.25) is 0 Å². The molecule has 0 atom stereocenters. The molecule has 11 nitrogen and oxygen atoms in total. The van der Waals surface area contributed by atoms with Crippen molar-refractivity contribution in [1.82, 2.24) is 0 Å². The van der Waals surface area contributed by atoms with Crippen molar-refractivity contribution in [3.63, 3.8) is 0 Å². The predicted octanol–water partition coefficient (Wildman–Crippen LogP) is 3.15. The lowest BCUT2D eigenvalue weighted by molar-refractivity contribution is -0.393. The molecule has 0 aliphatic heterocycles. The zero-order valence-electron chi connectivity index (χ0n) is 14.3. The van der Waals surface area contributed by atoms with Gasteiger partial charge in [-0.3, -0.25) is 25.7 Å².